The first-order valence-corrected chi connectivity index (χ1v) is 8.00. The summed E-state index contributed by atoms with van der Waals surface area (Å²) in [4.78, 5) is 0. The van der Waals surface area contributed by atoms with Crippen molar-refractivity contribution >= 4 is 15.9 Å². The molecule has 0 aliphatic rings. The van der Waals surface area contributed by atoms with Crippen LogP contribution in [0.5, 0.6) is 5.75 Å². The third kappa shape index (κ3) is 3.30. The van der Waals surface area contributed by atoms with Crippen molar-refractivity contribution < 1.29 is 4.74 Å². The Labute approximate surface area is 134 Å². The van der Waals surface area contributed by atoms with Gasteiger partial charge in [-0.2, -0.15) is 5.10 Å². The largest absolute Gasteiger partial charge is 0.493 e. The fraction of sp³-hybridized carbons (Fsp3) is 0.438. The number of aromatic nitrogens is 2. The molecule has 1 atom stereocenters. The quantitative estimate of drug-likeness (QED) is 0.862. The maximum Gasteiger partial charge on any atom is 0.161 e. The summed E-state index contributed by atoms with van der Waals surface area (Å²) in [5.41, 5.74) is 3.49. The third-order valence-corrected chi connectivity index (χ3v) is 4.20. The monoisotopic (exact) mass is 351 g/mol. The molecule has 0 fully saturated rings. The van der Waals surface area contributed by atoms with Crippen molar-refractivity contribution in [2.45, 2.75) is 33.4 Å². The van der Waals surface area contributed by atoms with Crippen molar-refractivity contribution in [3.05, 3.63) is 45.7 Å². The molecule has 0 aliphatic carbocycles. The number of halogens is 1. The van der Waals surface area contributed by atoms with Crippen molar-refractivity contribution in [2.24, 2.45) is 0 Å². The molecule has 1 unspecified atom stereocenters. The maximum atomic E-state index is 5.50. The molecule has 2 rings (SSSR count). The standard InChI is InChI=1S/C16H22BrN3O/c1-5-18-15(12-8-7-11(3)9-13(12)17)16-14(21-4)10-19-20(16)6-2/h7-10,15,18H,5-6H2,1-4H3. The van der Waals surface area contributed by atoms with Crippen LogP contribution in [0.15, 0.2) is 28.9 Å². The second-order valence-electron chi connectivity index (χ2n) is 4.93. The second-order valence-corrected chi connectivity index (χ2v) is 5.78. The summed E-state index contributed by atoms with van der Waals surface area (Å²) in [7, 11) is 1.69. The third-order valence-electron chi connectivity index (χ3n) is 3.51. The molecule has 5 heteroatoms. The lowest BCUT2D eigenvalue weighted by atomic mass is 10.0. The summed E-state index contributed by atoms with van der Waals surface area (Å²) in [5, 5.41) is 7.96. The number of rotatable bonds is 6. The zero-order valence-corrected chi connectivity index (χ0v) is 14.6. The summed E-state index contributed by atoms with van der Waals surface area (Å²) < 4.78 is 8.58. The van der Waals surface area contributed by atoms with E-state index in [2.05, 4.69) is 65.3 Å². The van der Waals surface area contributed by atoms with Gasteiger partial charge in [0.2, 0.25) is 0 Å². The van der Waals surface area contributed by atoms with Gasteiger partial charge in [0, 0.05) is 11.0 Å². The molecule has 4 nitrogen and oxygen atoms in total. The first-order chi connectivity index (χ1) is 10.1. The minimum Gasteiger partial charge on any atom is -0.493 e. The van der Waals surface area contributed by atoms with E-state index >= 15 is 0 Å². The van der Waals surface area contributed by atoms with Gasteiger partial charge in [-0.15, -0.1) is 0 Å². The lowest BCUT2D eigenvalue weighted by Crippen LogP contribution is -2.25. The van der Waals surface area contributed by atoms with Gasteiger partial charge in [-0.1, -0.05) is 35.0 Å². The molecule has 0 amide bonds. The highest BCUT2D eigenvalue weighted by Gasteiger charge is 2.24. The fourth-order valence-corrected chi connectivity index (χ4v) is 3.22. The molecule has 114 valence electrons. The first kappa shape index (κ1) is 16.0. The Morgan fingerprint density at radius 1 is 1.38 bits per heavy atom. The van der Waals surface area contributed by atoms with E-state index in [0.29, 0.717) is 0 Å². The fourth-order valence-electron chi connectivity index (χ4n) is 2.50. The van der Waals surface area contributed by atoms with Crippen LogP contribution in [0.4, 0.5) is 0 Å². The summed E-state index contributed by atoms with van der Waals surface area (Å²) >= 11 is 3.69. The van der Waals surface area contributed by atoms with Gasteiger partial charge >= 0.3 is 0 Å². The molecule has 0 aliphatic heterocycles. The molecule has 0 saturated heterocycles. The molecular formula is C16H22BrN3O. The normalized spacial score (nSPS) is 12.4. The number of benzene rings is 1. The smallest absolute Gasteiger partial charge is 0.161 e. The Bertz CT molecular complexity index is 588. The highest BCUT2D eigenvalue weighted by atomic mass is 79.9. The minimum atomic E-state index is 0.0439. The van der Waals surface area contributed by atoms with Crippen LogP contribution in [0.1, 0.15) is 36.7 Å². The Morgan fingerprint density at radius 2 is 2.14 bits per heavy atom. The van der Waals surface area contributed by atoms with Crippen LogP contribution >= 0.6 is 15.9 Å². The van der Waals surface area contributed by atoms with E-state index in [1.54, 1.807) is 13.3 Å². The molecule has 0 spiro atoms. The van der Waals surface area contributed by atoms with E-state index < -0.39 is 0 Å². The maximum absolute atomic E-state index is 5.50. The number of methoxy groups -OCH3 is 1. The van der Waals surface area contributed by atoms with Gasteiger partial charge in [0.15, 0.2) is 5.75 Å². The van der Waals surface area contributed by atoms with Crippen molar-refractivity contribution in [1.82, 2.24) is 15.1 Å². The average molecular weight is 352 g/mol. The molecule has 1 N–H and O–H groups in total. The zero-order valence-electron chi connectivity index (χ0n) is 13.0. The van der Waals surface area contributed by atoms with E-state index in [4.69, 9.17) is 4.74 Å². The van der Waals surface area contributed by atoms with Crippen LogP contribution in [0.3, 0.4) is 0 Å². The van der Waals surface area contributed by atoms with Crippen LogP contribution in [0, 0.1) is 6.92 Å². The number of hydrogen-bond acceptors (Lipinski definition) is 3. The Kier molecular flexibility index (Phi) is 5.42. The van der Waals surface area contributed by atoms with Gasteiger partial charge in [-0.05, 0) is 37.6 Å². The summed E-state index contributed by atoms with van der Waals surface area (Å²) in [5.74, 6) is 0.815. The van der Waals surface area contributed by atoms with Crippen LogP contribution in [-0.4, -0.2) is 23.4 Å². The number of nitrogens with zero attached hydrogens (tertiary/aromatic N) is 2. The Morgan fingerprint density at radius 3 is 2.71 bits per heavy atom. The van der Waals surface area contributed by atoms with Gasteiger partial charge in [0.1, 0.15) is 5.69 Å². The first-order valence-electron chi connectivity index (χ1n) is 7.21. The van der Waals surface area contributed by atoms with E-state index in [0.717, 1.165) is 29.0 Å². The number of hydrogen-bond donors (Lipinski definition) is 1. The Hall–Kier alpha value is -1.33. The summed E-state index contributed by atoms with van der Waals surface area (Å²) in [6, 6.07) is 6.46. The van der Waals surface area contributed by atoms with Crippen LogP contribution in [0.2, 0.25) is 0 Å². The van der Waals surface area contributed by atoms with E-state index in [1.165, 1.54) is 11.1 Å². The Balaban J connectivity index is 2.55. The van der Waals surface area contributed by atoms with Gasteiger partial charge in [-0.3, -0.25) is 4.68 Å². The highest BCUT2D eigenvalue weighted by molar-refractivity contribution is 9.10. The zero-order chi connectivity index (χ0) is 15.4. The summed E-state index contributed by atoms with van der Waals surface area (Å²) in [6.45, 7) is 7.96. The van der Waals surface area contributed by atoms with Crippen LogP contribution in [0.25, 0.3) is 0 Å². The van der Waals surface area contributed by atoms with E-state index in [9.17, 15) is 0 Å². The highest BCUT2D eigenvalue weighted by Crippen LogP contribution is 2.34. The SMILES string of the molecule is CCNC(c1ccc(C)cc1Br)c1c(OC)cnn1CC. The molecule has 0 bridgehead atoms. The summed E-state index contributed by atoms with van der Waals surface area (Å²) in [6.07, 6.45) is 1.78. The van der Waals surface area contributed by atoms with Gasteiger partial charge in [-0.25, -0.2) is 0 Å². The lowest BCUT2D eigenvalue weighted by molar-refractivity contribution is 0.399. The van der Waals surface area contributed by atoms with Crippen molar-refractivity contribution in [2.75, 3.05) is 13.7 Å². The van der Waals surface area contributed by atoms with Crippen molar-refractivity contribution in [3.63, 3.8) is 0 Å². The molecule has 1 aromatic heterocycles. The molecule has 1 aromatic carbocycles. The predicted octanol–water partition coefficient (Wildman–Crippen LogP) is 3.68. The van der Waals surface area contributed by atoms with Gasteiger partial charge in [0.25, 0.3) is 0 Å². The molecule has 0 radical (unpaired) electrons. The van der Waals surface area contributed by atoms with E-state index in [1.807, 2.05) is 4.68 Å². The molecule has 21 heavy (non-hydrogen) atoms. The van der Waals surface area contributed by atoms with Gasteiger partial charge < -0.3 is 10.1 Å². The number of nitrogens with one attached hydrogen (secondary N) is 1. The lowest BCUT2D eigenvalue weighted by Gasteiger charge is -2.22. The molecule has 0 saturated carbocycles. The van der Waals surface area contributed by atoms with Crippen LogP contribution in [-0.2, 0) is 6.54 Å². The van der Waals surface area contributed by atoms with Crippen molar-refractivity contribution in [3.8, 4) is 5.75 Å². The van der Waals surface area contributed by atoms with Crippen LogP contribution < -0.4 is 10.1 Å². The number of aryl methyl sites for hydroxylation is 2. The second kappa shape index (κ2) is 7.09. The van der Waals surface area contributed by atoms with E-state index in [-0.39, 0.29) is 6.04 Å². The topological polar surface area (TPSA) is 39.1 Å². The molecular weight excluding hydrogens is 330 g/mol. The molecule has 2 aromatic rings. The molecule has 1 heterocycles. The average Bonchev–Trinajstić information content (AvgIpc) is 2.88. The minimum absolute atomic E-state index is 0.0439. The van der Waals surface area contributed by atoms with Crippen molar-refractivity contribution in [1.29, 1.82) is 0 Å². The van der Waals surface area contributed by atoms with Gasteiger partial charge in [0.05, 0.1) is 19.3 Å². The predicted molar refractivity (Wildman–Crippen MR) is 88.9 cm³/mol. The number of ether oxygens (including phenoxy) is 1.